The van der Waals surface area contributed by atoms with Crippen molar-refractivity contribution < 1.29 is 4.79 Å². The Bertz CT molecular complexity index is 1320. The molecule has 4 aromatic rings. The van der Waals surface area contributed by atoms with Gasteiger partial charge >= 0.3 is 0 Å². The van der Waals surface area contributed by atoms with Gasteiger partial charge in [-0.2, -0.15) is 0 Å². The Morgan fingerprint density at radius 1 is 1.20 bits per heavy atom. The van der Waals surface area contributed by atoms with Gasteiger partial charge in [-0.1, -0.05) is 48.2 Å². The number of hydrogen-bond donors (Lipinski definition) is 1. The lowest BCUT2D eigenvalue weighted by molar-refractivity contribution is -0.119. The van der Waals surface area contributed by atoms with E-state index in [1.807, 2.05) is 39.0 Å². The molecule has 1 unspecified atom stereocenters. The third kappa shape index (κ3) is 3.87. The SMILES string of the molecule is Cc1sc2nc(SCC(=O)NC(C)c3ccc4ccccc4c3)n(C)c(=O)c2c1C. The molecule has 0 radical (unpaired) electrons. The predicted molar refractivity (Wildman–Crippen MR) is 126 cm³/mol. The number of thioether (sulfide) groups is 1. The van der Waals surface area contributed by atoms with E-state index in [-0.39, 0.29) is 23.3 Å². The van der Waals surface area contributed by atoms with E-state index in [1.54, 1.807) is 7.05 Å². The van der Waals surface area contributed by atoms with Crippen LogP contribution in [0.1, 0.15) is 29.0 Å². The Balaban J connectivity index is 1.46. The van der Waals surface area contributed by atoms with Crippen molar-refractivity contribution in [1.29, 1.82) is 0 Å². The summed E-state index contributed by atoms with van der Waals surface area (Å²) in [4.78, 5) is 31.7. The molecule has 1 atom stereocenters. The molecule has 0 bridgehead atoms. The topological polar surface area (TPSA) is 64.0 Å². The van der Waals surface area contributed by atoms with Gasteiger partial charge in [-0.25, -0.2) is 4.98 Å². The number of hydrogen-bond acceptors (Lipinski definition) is 5. The summed E-state index contributed by atoms with van der Waals surface area (Å²) in [6.07, 6.45) is 0. The first-order valence-electron chi connectivity index (χ1n) is 9.72. The number of thiophene rings is 1. The molecule has 30 heavy (non-hydrogen) atoms. The van der Waals surface area contributed by atoms with E-state index in [4.69, 9.17) is 0 Å². The Morgan fingerprint density at radius 2 is 1.93 bits per heavy atom. The normalized spacial score (nSPS) is 12.4. The highest BCUT2D eigenvalue weighted by Crippen LogP contribution is 2.28. The largest absolute Gasteiger partial charge is 0.349 e. The third-order valence-electron chi connectivity index (χ3n) is 5.35. The van der Waals surface area contributed by atoms with E-state index in [9.17, 15) is 9.59 Å². The fourth-order valence-corrected chi connectivity index (χ4v) is 5.31. The van der Waals surface area contributed by atoms with Crippen molar-refractivity contribution >= 4 is 50.0 Å². The lowest BCUT2D eigenvalue weighted by atomic mass is 10.0. The van der Waals surface area contributed by atoms with Crippen molar-refractivity contribution in [2.24, 2.45) is 7.05 Å². The average Bonchev–Trinajstić information content (AvgIpc) is 3.02. The number of fused-ring (bicyclic) bond motifs is 2. The van der Waals surface area contributed by atoms with Crippen LogP contribution in [0.5, 0.6) is 0 Å². The average molecular weight is 438 g/mol. The van der Waals surface area contributed by atoms with Crippen LogP contribution in [0.15, 0.2) is 52.4 Å². The molecule has 0 aliphatic carbocycles. The molecule has 1 amide bonds. The lowest BCUT2D eigenvalue weighted by Gasteiger charge is -2.15. The van der Waals surface area contributed by atoms with Crippen LogP contribution in [0.25, 0.3) is 21.0 Å². The van der Waals surface area contributed by atoms with Crippen LogP contribution in [0.2, 0.25) is 0 Å². The van der Waals surface area contributed by atoms with Crippen LogP contribution in [-0.4, -0.2) is 21.2 Å². The molecule has 4 rings (SSSR count). The van der Waals surface area contributed by atoms with Crippen LogP contribution in [0.3, 0.4) is 0 Å². The zero-order valence-electron chi connectivity index (χ0n) is 17.4. The zero-order chi connectivity index (χ0) is 21.4. The van der Waals surface area contributed by atoms with Gasteiger partial charge in [0.25, 0.3) is 5.56 Å². The van der Waals surface area contributed by atoms with Crippen molar-refractivity contribution in [2.75, 3.05) is 5.75 Å². The number of aryl methyl sites for hydroxylation is 2. The number of aromatic nitrogens is 2. The molecule has 0 spiro atoms. The number of carbonyl (C=O) groups is 1. The van der Waals surface area contributed by atoms with Gasteiger partial charge in [0.1, 0.15) is 4.83 Å². The number of benzene rings is 2. The molecule has 2 aromatic carbocycles. The molecule has 0 saturated heterocycles. The summed E-state index contributed by atoms with van der Waals surface area (Å²) in [6, 6.07) is 14.3. The number of nitrogens with zero attached hydrogens (tertiary/aromatic N) is 2. The van der Waals surface area contributed by atoms with Crippen molar-refractivity contribution in [2.45, 2.75) is 32.0 Å². The first-order chi connectivity index (χ1) is 14.3. The molecule has 0 aliphatic rings. The number of nitrogens with one attached hydrogen (secondary N) is 1. The minimum Gasteiger partial charge on any atom is -0.349 e. The highest BCUT2D eigenvalue weighted by molar-refractivity contribution is 7.99. The summed E-state index contributed by atoms with van der Waals surface area (Å²) in [6.45, 7) is 5.92. The first-order valence-corrected chi connectivity index (χ1v) is 11.5. The molecule has 2 heterocycles. The van der Waals surface area contributed by atoms with Gasteiger partial charge in [0, 0.05) is 11.9 Å². The van der Waals surface area contributed by atoms with E-state index in [0.717, 1.165) is 26.2 Å². The zero-order valence-corrected chi connectivity index (χ0v) is 19.0. The molecule has 0 fully saturated rings. The Morgan fingerprint density at radius 3 is 2.70 bits per heavy atom. The first kappa shape index (κ1) is 20.6. The summed E-state index contributed by atoms with van der Waals surface area (Å²) >= 11 is 2.81. The van der Waals surface area contributed by atoms with E-state index >= 15 is 0 Å². The van der Waals surface area contributed by atoms with Gasteiger partial charge in [0.15, 0.2) is 5.16 Å². The molecular formula is C23H23N3O2S2. The summed E-state index contributed by atoms with van der Waals surface area (Å²) in [5.74, 6) is 0.112. The summed E-state index contributed by atoms with van der Waals surface area (Å²) in [5, 5.41) is 6.61. The molecule has 154 valence electrons. The Hall–Kier alpha value is -2.64. The fraction of sp³-hybridized carbons (Fsp3) is 0.261. The van der Waals surface area contributed by atoms with Crippen LogP contribution >= 0.6 is 23.1 Å². The van der Waals surface area contributed by atoms with Crippen molar-refractivity contribution in [1.82, 2.24) is 14.9 Å². The summed E-state index contributed by atoms with van der Waals surface area (Å²) in [5.41, 5.74) is 1.99. The standard InChI is InChI=1S/C23H23N3O2S2/c1-13-15(3)30-21-20(13)22(28)26(4)23(25-21)29-12-19(27)24-14(2)17-10-9-16-7-5-6-8-18(16)11-17/h5-11,14H,12H2,1-4H3,(H,24,27). The predicted octanol–water partition coefficient (Wildman–Crippen LogP) is 4.73. The van der Waals surface area contributed by atoms with Gasteiger partial charge in [0.2, 0.25) is 5.91 Å². The van der Waals surface area contributed by atoms with Gasteiger partial charge in [-0.15, -0.1) is 11.3 Å². The van der Waals surface area contributed by atoms with Crippen LogP contribution in [-0.2, 0) is 11.8 Å². The second kappa shape index (κ2) is 8.24. The Labute approximate surface area is 183 Å². The highest BCUT2D eigenvalue weighted by atomic mass is 32.2. The van der Waals surface area contributed by atoms with E-state index in [2.05, 4.69) is 34.6 Å². The van der Waals surface area contributed by atoms with Gasteiger partial charge < -0.3 is 5.32 Å². The number of carbonyl (C=O) groups excluding carboxylic acids is 1. The molecule has 2 aromatic heterocycles. The maximum absolute atomic E-state index is 12.7. The third-order valence-corrected chi connectivity index (χ3v) is 7.48. The van der Waals surface area contributed by atoms with Gasteiger partial charge in [-0.3, -0.25) is 14.2 Å². The maximum Gasteiger partial charge on any atom is 0.262 e. The van der Waals surface area contributed by atoms with Crippen LogP contribution < -0.4 is 10.9 Å². The van der Waals surface area contributed by atoms with E-state index in [1.165, 1.54) is 33.1 Å². The maximum atomic E-state index is 12.7. The van der Waals surface area contributed by atoms with Crippen molar-refractivity contribution in [3.63, 3.8) is 0 Å². The summed E-state index contributed by atoms with van der Waals surface area (Å²) < 4.78 is 1.53. The van der Waals surface area contributed by atoms with E-state index < -0.39 is 0 Å². The lowest BCUT2D eigenvalue weighted by Crippen LogP contribution is -2.28. The van der Waals surface area contributed by atoms with Crippen molar-refractivity contribution in [3.05, 3.63) is 68.8 Å². The second-order valence-electron chi connectivity index (χ2n) is 7.41. The Kier molecular flexibility index (Phi) is 5.66. The second-order valence-corrected chi connectivity index (χ2v) is 9.55. The highest BCUT2D eigenvalue weighted by Gasteiger charge is 2.16. The molecular weight excluding hydrogens is 414 g/mol. The van der Waals surface area contributed by atoms with Crippen molar-refractivity contribution in [3.8, 4) is 0 Å². The minimum atomic E-state index is -0.107. The quantitative estimate of drug-likeness (QED) is 0.362. The monoisotopic (exact) mass is 437 g/mol. The minimum absolute atomic E-state index is 0.0608. The molecule has 5 nitrogen and oxygen atoms in total. The fourth-order valence-electron chi connectivity index (χ4n) is 3.46. The summed E-state index contributed by atoms with van der Waals surface area (Å²) in [7, 11) is 1.71. The number of amides is 1. The smallest absolute Gasteiger partial charge is 0.262 e. The molecule has 1 N–H and O–H groups in total. The van der Waals surface area contributed by atoms with Gasteiger partial charge in [-0.05, 0) is 48.7 Å². The molecule has 7 heteroatoms. The van der Waals surface area contributed by atoms with Gasteiger partial charge in [0.05, 0.1) is 17.2 Å². The van der Waals surface area contributed by atoms with Crippen LogP contribution in [0.4, 0.5) is 0 Å². The molecule has 0 aliphatic heterocycles. The van der Waals surface area contributed by atoms with E-state index in [0.29, 0.717) is 10.5 Å². The molecule has 0 saturated carbocycles. The van der Waals surface area contributed by atoms with Crippen LogP contribution in [0, 0.1) is 13.8 Å². The number of rotatable bonds is 5.